The third-order valence-corrected chi connectivity index (χ3v) is 4.08. The van der Waals surface area contributed by atoms with Crippen molar-refractivity contribution in [3.05, 3.63) is 78.1 Å². The fraction of sp³-hybridized carbons (Fsp3) is 0.0500. The van der Waals surface area contributed by atoms with E-state index in [2.05, 4.69) is 15.4 Å². The van der Waals surface area contributed by atoms with Crippen LogP contribution >= 0.6 is 0 Å². The third-order valence-electron chi connectivity index (χ3n) is 4.08. The second-order valence-electron chi connectivity index (χ2n) is 5.79. The van der Waals surface area contributed by atoms with Crippen LogP contribution in [-0.2, 0) is 0 Å². The monoisotopic (exact) mass is 362 g/mol. The first kappa shape index (κ1) is 16.7. The van der Waals surface area contributed by atoms with E-state index in [0.29, 0.717) is 17.1 Å². The average Bonchev–Trinajstić information content (AvgIpc) is 3.11. The van der Waals surface area contributed by atoms with Crippen molar-refractivity contribution in [2.45, 2.75) is 0 Å². The number of hydrogen-bond acceptors (Lipinski definition) is 4. The van der Waals surface area contributed by atoms with Gasteiger partial charge in [0, 0.05) is 17.2 Å². The van der Waals surface area contributed by atoms with Gasteiger partial charge in [0.15, 0.2) is 5.65 Å². The number of rotatable bonds is 4. The van der Waals surface area contributed by atoms with Crippen molar-refractivity contribution in [1.82, 2.24) is 14.6 Å². The number of benzene rings is 2. The molecule has 2 aromatic heterocycles. The molecule has 2 aromatic carbocycles. The maximum atomic E-state index is 13.0. The molecule has 6 nitrogen and oxygen atoms in total. The highest BCUT2D eigenvalue weighted by Crippen LogP contribution is 2.27. The molecule has 134 valence electrons. The summed E-state index contributed by atoms with van der Waals surface area (Å²) in [5.74, 6) is -0.216. The quantitative estimate of drug-likeness (QED) is 0.600. The number of carbonyl (C=O) groups is 1. The van der Waals surface area contributed by atoms with E-state index in [4.69, 9.17) is 4.74 Å². The first-order valence-electron chi connectivity index (χ1n) is 8.22. The van der Waals surface area contributed by atoms with Crippen LogP contribution in [0.5, 0.6) is 5.88 Å². The Balaban J connectivity index is 1.74. The number of amides is 1. The van der Waals surface area contributed by atoms with Gasteiger partial charge in [-0.25, -0.2) is 4.39 Å². The molecule has 4 aromatic rings. The van der Waals surface area contributed by atoms with Crippen LogP contribution in [0.15, 0.2) is 66.7 Å². The van der Waals surface area contributed by atoms with Crippen LogP contribution in [0.1, 0.15) is 10.4 Å². The molecule has 2 heterocycles. The zero-order chi connectivity index (χ0) is 18.8. The number of pyridine rings is 1. The molecule has 0 aliphatic carbocycles. The smallest absolute Gasteiger partial charge is 0.258 e. The fourth-order valence-electron chi connectivity index (χ4n) is 2.77. The lowest BCUT2D eigenvalue weighted by molar-refractivity contribution is 0.102. The van der Waals surface area contributed by atoms with Crippen LogP contribution in [0.2, 0.25) is 0 Å². The van der Waals surface area contributed by atoms with Crippen molar-refractivity contribution in [2.24, 2.45) is 0 Å². The number of nitrogens with one attached hydrogen (secondary N) is 1. The van der Waals surface area contributed by atoms with E-state index < -0.39 is 11.7 Å². The molecular formula is C20H15FN4O2. The van der Waals surface area contributed by atoms with E-state index in [1.165, 1.54) is 35.9 Å². The molecular weight excluding hydrogens is 347 g/mol. The van der Waals surface area contributed by atoms with Gasteiger partial charge in [-0.05, 0) is 35.9 Å². The largest absolute Gasteiger partial charge is 0.481 e. The summed E-state index contributed by atoms with van der Waals surface area (Å²) in [7, 11) is 1.54. The summed E-state index contributed by atoms with van der Waals surface area (Å²) in [6, 6.07) is 18.7. The molecule has 0 unspecified atom stereocenters. The summed E-state index contributed by atoms with van der Waals surface area (Å²) >= 11 is 0. The van der Waals surface area contributed by atoms with Crippen molar-refractivity contribution < 1.29 is 13.9 Å². The number of ether oxygens (including phenoxy) is 1. The fourth-order valence-corrected chi connectivity index (χ4v) is 2.77. The van der Waals surface area contributed by atoms with Gasteiger partial charge in [-0.1, -0.05) is 30.3 Å². The van der Waals surface area contributed by atoms with Crippen LogP contribution in [-0.4, -0.2) is 27.6 Å². The average molecular weight is 362 g/mol. The Morgan fingerprint density at radius 3 is 2.48 bits per heavy atom. The number of halogens is 1. The first-order valence-corrected chi connectivity index (χ1v) is 8.22. The summed E-state index contributed by atoms with van der Waals surface area (Å²) in [6.45, 7) is 0. The zero-order valence-electron chi connectivity index (χ0n) is 14.4. The number of carbonyl (C=O) groups excluding carboxylic acids is 1. The summed E-state index contributed by atoms with van der Waals surface area (Å²) in [5.41, 5.74) is 2.68. The minimum Gasteiger partial charge on any atom is -0.481 e. The van der Waals surface area contributed by atoms with Crippen molar-refractivity contribution in [1.29, 1.82) is 0 Å². The van der Waals surface area contributed by atoms with E-state index in [1.54, 1.807) is 6.07 Å². The molecule has 1 N–H and O–H groups in total. The second-order valence-corrected chi connectivity index (χ2v) is 5.79. The van der Waals surface area contributed by atoms with Gasteiger partial charge in [0.1, 0.15) is 5.82 Å². The van der Waals surface area contributed by atoms with Gasteiger partial charge < -0.3 is 4.74 Å². The normalized spacial score (nSPS) is 10.7. The molecule has 0 radical (unpaired) electrons. The molecule has 0 atom stereocenters. The third kappa shape index (κ3) is 3.22. The van der Waals surface area contributed by atoms with Crippen molar-refractivity contribution in [3.8, 4) is 17.0 Å². The number of nitrogens with zero attached hydrogens (tertiary/aromatic N) is 3. The minimum absolute atomic E-state index is 0.131. The summed E-state index contributed by atoms with van der Waals surface area (Å²) in [5, 5.41) is 6.96. The molecule has 0 aliphatic rings. The predicted molar refractivity (Wildman–Crippen MR) is 99.3 cm³/mol. The lowest BCUT2D eigenvalue weighted by Gasteiger charge is -2.06. The van der Waals surface area contributed by atoms with Gasteiger partial charge >= 0.3 is 0 Å². The lowest BCUT2D eigenvalue weighted by atomic mass is 10.1. The van der Waals surface area contributed by atoms with Gasteiger partial charge in [0.2, 0.25) is 11.8 Å². The number of aromatic nitrogens is 3. The predicted octanol–water partition coefficient (Wildman–Crippen LogP) is 3.80. The van der Waals surface area contributed by atoms with Crippen molar-refractivity contribution in [2.75, 3.05) is 12.4 Å². The van der Waals surface area contributed by atoms with E-state index in [0.717, 1.165) is 11.1 Å². The Kier molecular flexibility index (Phi) is 4.25. The van der Waals surface area contributed by atoms with Gasteiger partial charge in [-0.3, -0.25) is 10.1 Å². The topological polar surface area (TPSA) is 68.5 Å². The van der Waals surface area contributed by atoms with Gasteiger partial charge in [0.05, 0.1) is 7.11 Å². The molecule has 0 fully saturated rings. The Hall–Kier alpha value is -3.74. The SMILES string of the molecule is COc1ccc(-c2ccccc2)c2nc(NC(=O)c3ccc(F)cc3)nn12. The van der Waals surface area contributed by atoms with Crippen LogP contribution in [0, 0.1) is 5.82 Å². The van der Waals surface area contributed by atoms with Gasteiger partial charge in [0.25, 0.3) is 5.91 Å². The van der Waals surface area contributed by atoms with E-state index in [9.17, 15) is 9.18 Å². The highest BCUT2D eigenvalue weighted by molar-refractivity contribution is 6.03. The van der Waals surface area contributed by atoms with Crippen LogP contribution in [0.4, 0.5) is 10.3 Å². The number of anilines is 1. The maximum absolute atomic E-state index is 13.0. The Morgan fingerprint density at radius 1 is 1.04 bits per heavy atom. The highest BCUT2D eigenvalue weighted by Gasteiger charge is 2.15. The van der Waals surface area contributed by atoms with E-state index >= 15 is 0 Å². The first-order chi connectivity index (χ1) is 13.2. The molecule has 0 aliphatic heterocycles. The van der Waals surface area contributed by atoms with Gasteiger partial charge in [-0.15, -0.1) is 5.10 Å². The molecule has 7 heteroatoms. The zero-order valence-corrected chi connectivity index (χ0v) is 14.4. The summed E-state index contributed by atoms with van der Waals surface area (Å²) in [4.78, 5) is 16.8. The summed E-state index contributed by atoms with van der Waals surface area (Å²) < 4.78 is 19.9. The second kappa shape index (κ2) is 6.87. The molecule has 27 heavy (non-hydrogen) atoms. The van der Waals surface area contributed by atoms with Crippen LogP contribution in [0.25, 0.3) is 16.8 Å². The Labute approximate surface area is 154 Å². The molecule has 4 rings (SSSR count). The van der Waals surface area contributed by atoms with E-state index in [-0.39, 0.29) is 5.95 Å². The van der Waals surface area contributed by atoms with Gasteiger partial charge in [-0.2, -0.15) is 9.50 Å². The molecule has 0 bridgehead atoms. The van der Waals surface area contributed by atoms with Crippen LogP contribution < -0.4 is 10.1 Å². The number of hydrogen-bond donors (Lipinski definition) is 1. The minimum atomic E-state index is -0.425. The Bertz CT molecular complexity index is 1110. The highest BCUT2D eigenvalue weighted by atomic mass is 19.1. The van der Waals surface area contributed by atoms with Crippen LogP contribution in [0.3, 0.4) is 0 Å². The molecule has 0 saturated carbocycles. The lowest BCUT2D eigenvalue weighted by Crippen LogP contribution is -2.13. The number of fused-ring (bicyclic) bond motifs is 1. The maximum Gasteiger partial charge on any atom is 0.258 e. The van der Waals surface area contributed by atoms with Crippen molar-refractivity contribution in [3.63, 3.8) is 0 Å². The molecule has 1 amide bonds. The van der Waals surface area contributed by atoms with Crippen molar-refractivity contribution >= 4 is 17.5 Å². The molecule has 0 saturated heterocycles. The van der Waals surface area contributed by atoms with E-state index in [1.807, 2.05) is 36.4 Å². The molecule has 0 spiro atoms. The number of methoxy groups -OCH3 is 1. The summed E-state index contributed by atoms with van der Waals surface area (Å²) in [6.07, 6.45) is 0. The standard InChI is InChI=1S/C20H15FN4O2/c1-27-17-12-11-16(13-5-3-2-4-6-13)18-22-20(24-25(17)18)23-19(26)14-7-9-15(21)10-8-14/h2-12H,1H3,(H,23,24,26). The Morgan fingerprint density at radius 2 is 1.78 bits per heavy atom.